The van der Waals surface area contributed by atoms with Gasteiger partial charge in [0.05, 0.1) is 6.10 Å². The third-order valence-electron chi connectivity index (χ3n) is 5.85. The first kappa shape index (κ1) is 15.3. The van der Waals surface area contributed by atoms with Crippen molar-refractivity contribution in [2.45, 2.75) is 84.0 Å². The van der Waals surface area contributed by atoms with Gasteiger partial charge in [0.25, 0.3) is 0 Å². The molecule has 2 fully saturated rings. The van der Waals surface area contributed by atoms with Crippen LogP contribution in [0.1, 0.15) is 60.3 Å². The Bertz CT molecular complexity index is 308. The lowest BCUT2D eigenvalue weighted by atomic mass is 9.54. The Kier molecular flexibility index (Phi) is 4.29. The third-order valence-corrected chi connectivity index (χ3v) is 5.85. The van der Waals surface area contributed by atoms with Gasteiger partial charge in [-0.15, -0.1) is 0 Å². The highest BCUT2D eigenvalue weighted by Crippen LogP contribution is 2.50. The molecule has 112 valence electrons. The van der Waals surface area contributed by atoms with E-state index in [1.54, 1.807) is 0 Å². The van der Waals surface area contributed by atoms with Crippen LogP contribution in [0.25, 0.3) is 0 Å². The Labute approximate surface area is 118 Å². The fourth-order valence-corrected chi connectivity index (χ4v) is 3.89. The van der Waals surface area contributed by atoms with Crippen molar-refractivity contribution in [2.24, 2.45) is 11.1 Å². The molecule has 1 saturated carbocycles. The molecule has 19 heavy (non-hydrogen) atoms. The van der Waals surface area contributed by atoms with Crippen LogP contribution in [0.2, 0.25) is 0 Å². The summed E-state index contributed by atoms with van der Waals surface area (Å²) in [7, 11) is 0. The molecule has 0 radical (unpaired) electrons. The Hall–Kier alpha value is -0.120. The van der Waals surface area contributed by atoms with Crippen LogP contribution in [0, 0.1) is 5.41 Å². The maximum absolute atomic E-state index is 6.73. The second-order valence-electron chi connectivity index (χ2n) is 7.33. The molecule has 0 amide bonds. The summed E-state index contributed by atoms with van der Waals surface area (Å²) in [6, 6.07) is 1.34. The zero-order chi connectivity index (χ0) is 14.3. The molecule has 2 N–H and O–H groups in total. The fourth-order valence-electron chi connectivity index (χ4n) is 3.89. The van der Waals surface area contributed by atoms with Gasteiger partial charge < -0.3 is 10.5 Å². The topological polar surface area (TPSA) is 38.5 Å². The molecule has 0 bridgehead atoms. The van der Waals surface area contributed by atoms with Crippen LogP contribution in [0.5, 0.6) is 0 Å². The summed E-state index contributed by atoms with van der Waals surface area (Å²) in [6.45, 7) is 13.1. The lowest BCUT2D eigenvalue weighted by molar-refractivity contribution is -0.161. The number of hydrogen-bond acceptors (Lipinski definition) is 3. The molecule has 2 aliphatic rings. The van der Waals surface area contributed by atoms with Gasteiger partial charge in [-0.3, -0.25) is 4.90 Å². The quantitative estimate of drug-likeness (QED) is 0.852. The molecular weight excluding hydrogens is 236 g/mol. The van der Waals surface area contributed by atoms with Crippen molar-refractivity contribution in [3.05, 3.63) is 0 Å². The van der Waals surface area contributed by atoms with Crippen molar-refractivity contribution in [3.63, 3.8) is 0 Å². The zero-order valence-corrected chi connectivity index (χ0v) is 13.4. The van der Waals surface area contributed by atoms with Crippen molar-refractivity contribution in [2.75, 3.05) is 13.2 Å². The number of rotatable bonds is 4. The minimum absolute atomic E-state index is 0.0832. The highest BCUT2D eigenvalue weighted by atomic mass is 16.5. The molecule has 1 heterocycles. The van der Waals surface area contributed by atoms with E-state index >= 15 is 0 Å². The predicted octanol–water partition coefficient (Wildman–Crippen LogP) is 2.78. The lowest BCUT2D eigenvalue weighted by Gasteiger charge is -2.61. The summed E-state index contributed by atoms with van der Waals surface area (Å²) >= 11 is 0. The van der Waals surface area contributed by atoms with E-state index in [0.29, 0.717) is 18.2 Å². The summed E-state index contributed by atoms with van der Waals surface area (Å²) in [4.78, 5) is 2.63. The van der Waals surface area contributed by atoms with E-state index in [1.807, 2.05) is 0 Å². The Morgan fingerprint density at radius 1 is 1.21 bits per heavy atom. The summed E-state index contributed by atoms with van der Waals surface area (Å²) in [5.74, 6) is 0. The summed E-state index contributed by atoms with van der Waals surface area (Å²) in [6.07, 6.45) is 5.33. The van der Waals surface area contributed by atoms with Crippen molar-refractivity contribution in [1.29, 1.82) is 0 Å². The number of ether oxygens (including phenoxy) is 1. The number of hydrogen-bond donors (Lipinski definition) is 1. The first-order chi connectivity index (χ1) is 8.82. The SMILES string of the molecule is CCOC1CC(N)(CN2[C@H](C)CCC[C@@H]2C)C1(C)C. The van der Waals surface area contributed by atoms with Crippen LogP contribution in [0.4, 0.5) is 0 Å². The number of nitrogens with zero attached hydrogens (tertiary/aromatic N) is 1. The van der Waals surface area contributed by atoms with Gasteiger partial charge in [0, 0.05) is 36.2 Å². The molecule has 1 aliphatic heterocycles. The summed E-state index contributed by atoms with van der Waals surface area (Å²) < 4.78 is 5.83. The molecule has 0 aromatic carbocycles. The number of nitrogens with two attached hydrogens (primary N) is 1. The van der Waals surface area contributed by atoms with Crippen LogP contribution in [-0.4, -0.2) is 41.8 Å². The van der Waals surface area contributed by atoms with Gasteiger partial charge in [-0.05, 0) is 40.0 Å². The van der Waals surface area contributed by atoms with E-state index < -0.39 is 0 Å². The van der Waals surface area contributed by atoms with Gasteiger partial charge in [-0.2, -0.15) is 0 Å². The maximum Gasteiger partial charge on any atom is 0.0662 e. The minimum atomic E-state index is -0.0906. The molecule has 0 aromatic heterocycles. The Morgan fingerprint density at radius 3 is 2.26 bits per heavy atom. The van der Waals surface area contributed by atoms with Gasteiger partial charge in [-0.1, -0.05) is 20.3 Å². The second-order valence-corrected chi connectivity index (χ2v) is 7.33. The largest absolute Gasteiger partial charge is 0.378 e. The highest BCUT2D eigenvalue weighted by molar-refractivity contribution is 5.15. The predicted molar refractivity (Wildman–Crippen MR) is 80.2 cm³/mol. The number of piperidine rings is 1. The molecule has 0 spiro atoms. The second kappa shape index (κ2) is 5.34. The molecule has 3 heteroatoms. The van der Waals surface area contributed by atoms with Crippen molar-refractivity contribution >= 4 is 0 Å². The fraction of sp³-hybridized carbons (Fsp3) is 1.00. The first-order valence-electron chi connectivity index (χ1n) is 7.98. The van der Waals surface area contributed by atoms with E-state index in [4.69, 9.17) is 10.5 Å². The Morgan fingerprint density at radius 2 is 1.79 bits per heavy atom. The monoisotopic (exact) mass is 268 g/mol. The van der Waals surface area contributed by atoms with Crippen LogP contribution in [0.15, 0.2) is 0 Å². The molecule has 2 unspecified atom stereocenters. The molecular formula is C16H32N2O. The van der Waals surface area contributed by atoms with Crippen LogP contribution in [-0.2, 0) is 4.74 Å². The van der Waals surface area contributed by atoms with E-state index in [0.717, 1.165) is 19.6 Å². The van der Waals surface area contributed by atoms with Crippen LogP contribution in [0.3, 0.4) is 0 Å². The normalized spacial score (nSPS) is 42.9. The molecule has 1 saturated heterocycles. The van der Waals surface area contributed by atoms with E-state index in [-0.39, 0.29) is 11.0 Å². The van der Waals surface area contributed by atoms with E-state index in [9.17, 15) is 0 Å². The van der Waals surface area contributed by atoms with Gasteiger partial charge in [-0.25, -0.2) is 0 Å². The zero-order valence-electron chi connectivity index (χ0n) is 13.4. The molecule has 2 rings (SSSR count). The molecule has 3 nitrogen and oxygen atoms in total. The summed E-state index contributed by atoms with van der Waals surface area (Å²) in [5.41, 5.74) is 6.73. The van der Waals surface area contributed by atoms with Crippen molar-refractivity contribution in [3.8, 4) is 0 Å². The highest BCUT2D eigenvalue weighted by Gasteiger charge is 2.59. The lowest BCUT2D eigenvalue weighted by Crippen LogP contribution is -2.74. The standard InChI is InChI=1S/C16H32N2O/c1-6-19-14-10-16(17,15(14,4)5)11-18-12(2)8-7-9-13(18)3/h12-14H,6-11,17H2,1-5H3/t12-,13+,14?,16?. The van der Waals surface area contributed by atoms with Gasteiger partial charge in [0.2, 0.25) is 0 Å². The number of likely N-dealkylation sites (tertiary alicyclic amines) is 1. The van der Waals surface area contributed by atoms with Crippen LogP contribution < -0.4 is 5.73 Å². The average molecular weight is 268 g/mol. The Balaban J connectivity index is 2.02. The maximum atomic E-state index is 6.73. The molecule has 0 aromatic rings. The average Bonchev–Trinajstić information content (AvgIpc) is 2.34. The minimum Gasteiger partial charge on any atom is -0.378 e. The molecule has 1 aliphatic carbocycles. The first-order valence-corrected chi connectivity index (χ1v) is 7.98. The van der Waals surface area contributed by atoms with Crippen molar-refractivity contribution in [1.82, 2.24) is 4.90 Å². The van der Waals surface area contributed by atoms with Gasteiger partial charge >= 0.3 is 0 Å². The van der Waals surface area contributed by atoms with Gasteiger partial charge in [0.15, 0.2) is 0 Å². The van der Waals surface area contributed by atoms with E-state index in [1.165, 1.54) is 19.3 Å². The third kappa shape index (κ3) is 2.57. The van der Waals surface area contributed by atoms with Crippen molar-refractivity contribution < 1.29 is 4.74 Å². The van der Waals surface area contributed by atoms with E-state index in [2.05, 4.69) is 39.5 Å². The smallest absolute Gasteiger partial charge is 0.0662 e. The summed E-state index contributed by atoms with van der Waals surface area (Å²) in [5, 5.41) is 0. The molecule has 4 atom stereocenters. The van der Waals surface area contributed by atoms with Crippen LogP contribution >= 0.6 is 0 Å². The van der Waals surface area contributed by atoms with Gasteiger partial charge in [0.1, 0.15) is 0 Å².